The second kappa shape index (κ2) is 8.42. The summed E-state index contributed by atoms with van der Waals surface area (Å²) in [5, 5.41) is 15.4. The molecule has 2 aromatic rings. The van der Waals surface area contributed by atoms with Gasteiger partial charge in [-0.15, -0.1) is 16.4 Å². The first-order valence-corrected chi connectivity index (χ1v) is 8.49. The smallest absolute Gasteiger partial charge is 0.273 e. The molecule has 0 aromatic carbocycles. The van der Waals surface area contributed by atoms with Crippen molar-refractivity contribution in [2.75, 3.05) is 6.54 Å². The highest BCUT2D eigenvalue weighted by Gasteiger charge is 2.15. The van der Waals surface area contributed by atoms with Gasteiger partial charge in [-0.25, -0.2) is 4.68 Å². The number of carbonyl (C=O) groups is 2. The van der Waals surface area contributed by atoms with Gasteiger partial charge < -0.3 is 10.6 Å². The molecule has 1 atom stereocenters. The molecule has 2 N–H and O–H groups in total. The molecule has 0 aliphatic carbocycles. The summed E-state index contributed by atoms with van der Waals surface area (Å²) >= 11 is 1.59. The molecule has 124 valence electrons. The summed E-state index contributed by atoms with van der Waals surface area (Å²) in [5.41, 5.74) is 0.272. The number of rotatable bonds is 8. The van der Waals surface area contributed by atoms with Gasteiger partial charge in [-0.05, 0) is 24.8 Å². The average Bonchev–Trinajstić information content (AvgIpc) is 3.19. The molecule has 0 aliphatic heterocycles. The minimum absolute atomic E-state index is 0.0235. The third-order valence-corrected chi connectivity index (χ3v) is 4.28. The van der Waals surface area contributed by atoms with Crippen molar-refractivity contribution in [1.29, 1.82) is 0 Å². The Morgan fingerprint density at radius 2 is 2.26 bits per heavy atom. The van der Waals surface area contributed by atoms with Gasteiger partial charge in [0.15, 0.2) is 5.69 Å². The highest BCUT2D eigenvalue weighted by molar-refractivity contribution is 7.10. The number of carbonyl (C=O) groups excluding carboxylic acids is 2. The largest absolute Gasteiger partial charge is 0.354 e. The summed E-state index contributed by atoms with van der Waals surface area (Å²) < 4.78 is 1.55. The van der Waals surface area contributed by atoms with E-state index in [2.05, 4.69) is 20.9 Å². The molecule has 8 heteroatoms. The van der Waals surface area contributed by atoms with Gasteiger partial charge in [-0.3, -0.25) is 9.59 Å². The second-order valence-corrected chi connectivity index (χ2v) is 6.16. The zero-order valence-electron chi connectivity index (χ0n) is 13.3. The number of amides is 2. The third kappa shape index (κ3) is 5.17. The van der Waals surface area contributed by atoms with Gasteiger partial charge in [0.25, 0.3) is 5.91 Å². The van der Waals surface area contributed by atoms with Crippen molar-refractivity contribution in [2.24, 2.45) is 0 Å². The van der Waals surface area contributed by atoms with Crippen molar-refractivity contribution >= 4 is 23.2 Å². The van der Waals surface area contributed by atoms with E-state index in [4.69, 9.17) is 0 Å². The molecule has 2 heterocycles. The molecule has 0 aliphatic rings. The SMILES string of the molecule is CCCC(=O)NCCn1cc(C(=O)N[C@@H](C)c2cccs2)nn1. The quantitative estimate of drug-likeness (QED) is 0.769. The number of thiophene rings is 1. The van der Waals surface area contributed by atoms with Crippen LogP contribution in [-0.2, 0) is 11.3 Å². The molecule has 0 spiro atoms. The zero-order valence-corrected chi connectivity index (χ0v) is 14.1. The van der Waals surface area contributed by atoms with Gasteiger partial charge >= 0.3 is 0 Å². The first-order chi connectivity index (χ1) is 11.1. The standard InChI is InChI=1S/C15H21N5O2S/c1-3-5-14(21)16-7-8-20-10-12(18-19-20)15(22)17-11(2)13-6-4-9-23-13/h4,6,9-11H,3,5,7-8H2,1-2H3,(H,16,21)(H,17,22)/t11-/m0/s1. The number of nitrogens with zero attached hydrogens (tertiary/aromatic N) is 3. The van der Waals surface area contributed by atoms with Crippen LogP contribution < -0.4 is 10.6 Å². The Kier molecular flexibility index (Phi) is 6.28. The Hall–Kier alpha value is -2.22. The number of aromatic nitrogens is 3. The lowest BCUT2D eigenvalue weighted by Gasteiger charge is -2.10. The normalized spacial score (nSPS) is 11.9. The maximum absolute atomic E-state index is 12.1. The van der Waals surface area contributed by atoms with Crippen molar-refractivity contribution in [3.63, 3.8) is 0 Å². The van der Waals surface area contributed by atoms with Crippen molar-refractivity contribution < 1.29 is 9.59 Å². The van der Waals surface area contributed by atoms with Gasteiger partial charge in [-0.1, -0.05) is 18.2 Å². The summed E-state index contributed by atoms with van der Waals surface area (Å²) in [6, 6.07) is 3.86. The maximum atomic E-state index is 12.1. The molecular weight excluding hydrogens is 314 g/mol. The van der Waals surface area contributed by atoms with Crippen molar-refractivity contribution in [1.82, 2.24) is 25.6 Å². The summed E-state index contributed by atoms with van der Waals surface area (Å²) in [6.45, 7) is 4.83. The predicted molar refractivity (Wildman–Crippen MR) is 88.1 cm³/mol. The van der Waals surface area contributed by atoms with Crippen LogP contribution >= 0.6 is 11.3 Å². The van der Waals surface area contributed by atoms with Crippen molar-refractivity contribution in [3.8, 4) is 0 Å². The molecule has 0 bridgehead atoms. The predicted octanol–water partition coefficient (Wildman–Crippen LogP) is 1.75. The molecule has 0 saturated heterocycles. The monoisotopic (exact) mass is 335 g/mol. The van der Waals surface area contributed by atoms with Gasteiger partial charge in [0, 0.05) is 17.8 Å². The van der Waals surface area contributed by atoms with Gasteiger partial charge in [0.05, 0.1) is 18.8 Å². The van der Waals surface area contributed by atoms with E-state index in [0.717, 1.165) is 11.3 Å². The number of hydrogen-bond donors (Lipinski definition) is 2. The molecule has 0 fully saturated rings. The first-order valence-electron chi connectivity index (χ1n) is 7.61. The fourth-order valence-corrected chi connectivity index (χ4v) is 2.75. The van der Waals surface area contributed by atoms with Gasteiger partial charge in [0.1, 0.15) is 0 Å². The second-order valence-electron chi connectivity index (χ2n) is 5.18. The number of nitrogens with one attached hydrogen (secondary N) is 2. The number of hydrogen-bond acceptors (Lipinski definition) is 5. The Balaban J connectivity index is 1.81. The molecular formula is C15H21N5O2S. The van der Waals surface area contributed by atoms with Crippen LogP contribution in [-0.4, -0.2) is 33.4 Å². The maximum Gasteiger partial charge on any atom is 0.273 e. The van der Waals surface area contributed by atoms with Crippen LogP contribution in [0.2, 0.25) is 0 Å². The topological polar surface area (TPSA) is 88.9 Å². The Morgan fingerprint density at radius 3 is 2.96 bits per heavy atom. The first kappa shape index (κ1) is 17.1. The Labute approximate surface area is 139 Å². The highest BCUT2D eigenvalue weighted by atomic mass is 32.1. The van der Waals surface area contributed by atoms with E-state index in [9.17, 15) is 9.59 Å². The average molecular weight is 335 g/mol. The lowest BCUT2D eigenvalue weighted by atomic mass is 10.2. The summed E-state index contributed by atoms with van der Waals surface area (Å²) in [4.78, 5) is 24.6. The van der Waals surface area contributed by atoms with Crippen LogP contribution in [0.4, 0.5) is 0 Å². The van der Waals surface area contributed by atoms with Crippen LogP contribution in [0.25, 0.3) is 0 Å². The molecule has 23 heavy (non-hydrogen) atoms. The lowest BCUT2D eigenvalue weighted by Crippen LogP contribution is -2.27. The van der Waals surface area contributed by atoms with Crippen LogP contribution in [0.3, 0.4) is 0 Å². The minimum atomic E-state index is -0.257. The minimum Gasteiger partial charge on any atom is -0.354 e. The van der Waals surface area contributed by atoms with Crippen LogP contribution in [0, 0.1) is 0 Å². The van der Waals surface area contributed by atoms with E-state index in [1.807, 2.05) is 31.4 Å². The Bertz CT molecular complexity index is 638. The molecule has 2 amide bonds. The van der Waals surface area contributed by atoms with E-state index in [1.165, 1.54) is 0 Å². The van der Waals surface area contributed by atoms with Crippen molar-refractivity contribution in [3.05, 3.63) is 34.3 Å². The van der Waals surface area contributed by atoms with E-state index in [0.29, 0.717) is 19.5 Å². The third-order valence-electron chi connectivity index (χ3n) is 3.23. The van der Waals surface area contributed by atoms with Gasteiger partial charge in [0.2, 0.25) is 5.91 Å². The Morgan fingerprint density at radius 1 is 1.43 bits per heavy atom. The summed E-state index contributed by atoms with van der Waals surface area (Å²) in [7, 11) is 0. The lowest BCUT2D eigenvalue weighted by molar-refractivity contribution is -0.121. The molecule has 0 saturated carbocycles. The molecule has 0 unspecified atom stereocenters. The molecule has 2 aromatic heterocycles. The van der Waals surface area contributed by atoms with Crippen LogP contribution in [0.15, 0.2) is 23.7 Å². The fourth-order valence-electron chi connectivity index (χ4n) is 2.02. The van der Waals surface area contributed by atoms with E-state index >= 15 is 0 Å². The molecule has 2 rings (SSSR count). The van der Waals surface area contributed by atoms with Gasteiger partial charge in [-0.2, -0.15) is 0 Å². The van der Waals surface area contributed by atoms with Crippen molar-refractivity contribution in [2.45, 2.75) is 39.3 Å². The zero-order chi connectivity index (χ0) is 16.7. The van der Waals surface area contributed by atoms with Crippen LogP contribution in [0.1, 0.15) is 48.1 Å². The summed E-state index contributed by atoms with van der Waals surface area (Å²) in [6.07, 6.45) is 2.93. The molecule has 7 nitrogen and oxygen atoms in total. The van der Waals surface area contributed by atoms with E-state index in [1.54, 1.807) is 22.2 Å². The van der Waals surface area contributed by atoms with Crippen LogP contribution in [0.5, 0.6) is 0 Å². The highest BCUT2D eigenvalue weighted by Crippen LogP contribution is 2.18. The fraction of sp³-hybridized carbons (Fsp3) is 0.467. The summed E-state index contributed by atoms with van der Waals surface area (Å²) in [5.74, 6) is -0.234. The molecule has 0 radical (unpaired) electrons. The van der Waals surface area contributed by atoms with E-state index in [-0.39, 0.29) is 23.6 Å². The van der Waals surface area contributed by atoms with E-state index < -0.39 is 0 Å².